The van der Waals surface area contributed by atoms with E-state index in [1.165, 1.54) is 11.8 Å². The first-order chi connectivity index (χ1) is 9.08. The molecular formula is C15H16O3S. The summed E-state index contributed by atoms with van der Waals surface area (Å²) in [6.45, 7) is 4.32. The van der Waals surface area contributed by atoms with E-state index in [0.29, 0.717) is 17.2 Å². The Labute approximate surface area is 116 Å². The SMILES string of the molecule is CC(C)c1ccc(SCc2ccoc2C(=O)O)cc1. The minimum atomic E-state index is -1.02. The average molecular weight is 276 g/mol. The molecule has 1 N–H and O–H groups in total. The Kier molecular flexibility index (Phi) is 4.32. The maximum absolute atomic E-state index is 10.9. The molecule has 0 aliphatic rings. The maximum atomic E-state index is 10.9. The van der Waals surface area contributed by atoms with Crippen molar-refractivity contribution in [2.75, 3.05) is 0 Å². The summed E-state index contributed by atoms with van der Waals surface area (Å²) in [6, 6.07) is 10.1. The van der Waals surface area contributed by atoms with Crippen LogP contribution in [0, 0.1) is 0 Å². The summed E-state index contributed by atoms with van der Waals surface area (Å²) in [5, 5.41) is 8.95. The number of carbonyl (C=O) groups is 1. The van der Waals surface area contributed by atoms with E-state index in [-0.39, 0.29) is 5.76 Å². The molecule has 0 aliphatic heterocycles. The number of rotatable bonds is 5. The van der Waals surface area contributed by atoms with E-state index < -0.39 is 5.97 Å². The molecular weight excluding hydrogens is 260 g/mol. The number of thioether (sulfide) groups is 1. The van der Waals surface area contributed by atoms with E-state index in [4.69, 9.17) is 9.52 Å². The standard InChI is InChI=1S/C15H16O3S/c1-10(2)11-3-5-13(6-4-11)19-9-12-7-8-18-14(12)15(16)17/h3-8,10H,9H2,1-2H3,(H,16,17). The molecule has 1 aromatic heterocycles. The second-order valence-electron chi connectivity index (χ2n) is 4.59. The molecule has 0 radical (unpaired) electrons. The molecule has 100 valence electrons. The van der Waals surface area contributed by atoms with Crippen LogP contribution in [0.3, 0.4) is 0 Å². The van der Waals surface area contributed by atoms with Gasteiger partial charge in [-0.05, 0) is 29.7 Å². The van der Waals surface area contributed by atoms with Gasteiger partial charge >= 0.3 is 5.97 Å². The van der Waals surface area contributed by atoms with Crippen LogP contribution in [0.4, 0.5) is 0 Å². The maximum Gasteiger partial charge on any atom is 0.372 e. The van der Waals surface area contributed by atoms with Crippen LogP contribution in [0.1, 0.15) is 41.4 Å². The zero-order valence-electron chi connectivity index (χ0n) is 10.9. The van der Waals surface area contributed by atoms with Gasteiger partial charge in [0.15, 0.2) is 0 Å². The minimum Gasteiger partial charge on any atom is -0.475 e. The third kappa shape index (κ3) is 3.41. The average Bonchev–Trinajstić information content (AvgIpc) is 2.85. The molecule has 0 saturated carbocycles. The molecule has 2 aromatic rings. The Morgan fingerprint density at radius 3 is 2.53 bits per heavy atom. The van der Waals surface area contributed by atoms with Gasteiger partial charge in [0, 0.05) is 16.2 Å². The fourth-order valence-electron chi connectivity index (χ4n) is 1.75. The van der Waals surface area contributed by atoms with Crippen molar-refractivity contribution in [2.24, 2.45) is 0 Å². The van der Waals surface area contributed by atoms with Gasteiger partial charge in [-0.2, -0.15) is 0 Å². The number of benzene rings is 1. The van der Waals surface area contributed by atoms with E-state index in [2.05, 4.69) is 38.1 Å². The van der Waals surface area contributed by atoms with Crippen LogP contribution in [-0.4, -0.2) is 11.1 Å². The predicted molar refractivity (Wildman–Crippen MR) is 75.8 cm³/mol. The second-order valence-corrected chi connectivity index (χ2v) is 5.64. The number of hydrogen-bond acceptors (Lipinski definition) is 3. The molecule has 3 nitrogen and oxygen atoms in total. The number of hydrogen-bond donors (Lipinski definition) is 1. The van der Waals surface area contributed by atoms with Gasteiger partial charge in [-0.1, -0.05) is 26.0 Å². The van der Waals surface area contributed by atoms with Gasteiger partial charge in [-0.3, -0.25) is 0 Å². The first-order valence-corrected chi connectivity index (χ1v) is 7.09. The largest absolute Gasteiger partial charge is 0.475 e. The van der Waals surface area contributed by atoms with Gasteiger partial charge in [-0.15, -0.1) is 11.8 Å². The summed E-state index contributed by atoms with van der Waals surface area (Å²) in [5.74, 6) is 0.132. The van der Waals surface area contributed by atoms with Crippen LogP contribution in [0.15, 0.2) is 45.9 Å². The van der Waals surface area contributed by atoms with Crippen LogP contribution >= 0.6 is 11.8 Å². The molecule has 4 heteroatoms. The van der Waals surface area contributed by atoms with E-state index >= 15 is 0 Å². The minimum absolute atomic E-state index is 0.0336. The summed E-state index contributed by atoms with van der Waals surface area (Å²) in [4.78, 5) is 12.0. The molecule has 0 unspecified atom stereocenters. The van der Waals surface area contributed by atoms with Crippen molar-refractivity contribution < 1.29 is 14.3 Å². The third-order valence-electron chi connectivity index (χ3n) is 2.88. The van der Waals surface area contributed by atoms with Gasteiger partial charge in [-0.25, -0.2) is 4.79 Å². The summed E-state index contributed by atoms with van der Waals surface area (Å²) in [6.07, 6.45) is 1.42. The summed E-state index contributed by atoms with van der Waals surface area (Å²) >= 11 is 1.61. The highest BCUT2D eigenvalue weighted by atomic mass is 32.2. The Bertz CT molecular complexity index is 555. The van der Waals surface area contributed by atoms with Crippen molar-refractivity contribution in [1.82, 2.24) is 0 Å². The first-order valence-electron chi connectivity index (χ1n) is 6.10. The molecule has 1 heterocycles. The quantitative estimate of drug-likeness (QED) is 0.823. The van der Waals surface area contributed by atoms with Crippen LogP contribution in [0.2, 0.25) is 0 Å². The van der Waals surface area contributed by atoms with E-state index in [0.717, 1.165) is 4.90 Å². The fourth-order valence-corrected chi connectivity index (χ4v) is 2.63. The normalized spacial score (nSPS) is 10.9. The van der Waals surface area contributed by atoms with Crippen LogP contribution < -0.4 is 0 Å². The second kappa shape index (κ2) is 5.97. The van der Waals surface area contributed by atoms with Crippen molar-refractivity contribution in [3.05, 3.63) is 53.5 Å². The number of aromatic carboxylic acids is 1. The zero-order chi connectivity index (χ0) is 13.8. The van der Waals surface area contributed by atoms with Crippen LogP contribution in [0.5, 0.6) is 0 Å². The van der Waals surface area contributed by atoms with Gasteiger partial charge in [0.1, 0.15) is 0 Å². The van der Waals surface area contributed by atoms with Crippen LogP contribution in [-0.2, 0) is 5.75 Å². The Hall–Kier alpha value is -1.68. The molecule has 1 aromatic carbocycles. The number of furan rings is 1. The van der Waals surface area contributed by atoms with E-state index in [9.17, 15) is 4.79 Å². The smallest absolute Gasteiger partial charge is 0.372 e. The van der Waals surface area contributed by atoms with E-state index in [1.54, 1.807) is 17.8 Å². The molecule has 0 saturated heterocycles. The Balaban J connectivity index is 2.02. The monoisotopic (exact) mass is 276 g/mol. The van der Waals surface area contributed by atoms with Gasteiger partial charge in [0.2, 0.25) is 5.76 Å². The fraction of sp³-hybridized carbons (Fsp3) is 0.267. The molecule has 19 heavy (non-hydrogen) atoms. The highest BCUT2D eigenvalue weighted by molar-refractivity contribution is 7.98. The summed E-state index contributed by atoms with van der Waals surface area (Å²) in [7, 11) is 0. The first kappa shape index (κ1) is 13.7. The highest BCUT2D eigenvalue weighted by Crippen LogP contribution is 2.26. The molecule has 0 bridgehead atoms. The van der Waals surface area contributed by atoms with E-state index in [1.807, 2.05) is 0 Å². The van der Waals surface area contributed by atoms with Gasteiger partial charge in [0.05, 0.1) is 6.26 Å². The molecule has 2 rings (SSSR count). The van der Waals surface area contributed by atoms with Crippen molar-refractivity contribution >= 4 is 17.7 Å². The topological polar surface area (TPSA) is 50.4 Å². The number of carboxylic acid groups (broad SMARTS) is 1. The Morgan fingerprint density at radius 1 is 1.26 bits per heavy atom. The predicted octanol–water partition coefficient (Wildman–Crippen LogP) is 4.39. The van der Waals surface area contributed by atoms with Gasteiger partial charge < -0.3 is 9.52 Å². The molecule has 0 fully saturated rings. The lowest BCUT2D eigenvalue weighted by atomic mass is 10.0. The van der Waals surface area contributed by atoms with Crippen molar-refractivity contribution in [3.63, 3.8) is 0 Å². The molecule has 0 spiro atoms. The molecule has 0 amide bonds. The molecule has 0 atom stereocenters. The molecule has 0 aliphatic carbocycles. The summed E-state index contributed by atoms with van der Waals surface area (Å²) < 4.78 is 4.95. The lowest BCUT2D eigenvalue weighted by molar-refractivity contribution is 0.0661. The van der Waals surface area contributed by atoms with Crippen LogP contribution in [0.25, 0.3) is 0 Å². The van der Waals surface area contributed by atoms with Gasteiger partial charge in [0.25, 0.3) is 0 Å². The van der Waals surface area contributed by atoms with Crippen molar-refractivity contribution in [1.29, 1.82) is 0 Å². The Morgan fingerprint density at radius 2 is 1.95 bits per heavy atom. The lowest BCUT2D eigenvalue weighted by Gasteiger charge is -2.06. The lowest BCUT2D eigenvalue weighted by Crippen LogP contribution is -1.97. The summed E-state index contributed by atoms with van der Waals surface area (Å²) in [5.41, 5.74) is 2.02. The highest BCUT2D eigenvalue weighted by Gasteiger charge is 2.13. The van der Waals surface area contributed by atoms with Crippen molar-refractivity contribution in [2.45, 2.75) is 30.4 Å². The zero-order valence-corrected chi connectivity index (χ0v) is 11.7. The van der Waals surface area contributed by atoms with Crippen molar-refractivity contribution in [3.8, 4) is 0 Å². The number of carboxylic acids is 1. The third-order valence-corrected chi connectivity index (χ3v) is 3.94.